The van der Waals surface area contributed by atoms with Gasteiger partial charge < -0.3 is 15.0 Å². The number of carbonyl (C=O) groups excluding carboxylic acids is 2. The van der Waals surface area contributed by atoms with Gasteiger partial charge in [0, 0.05) is 37.9 Å². The fourth-order valence-electron chi connectivity index (χ4n) is 3.31. The van der Waals surface area contributed by atoms with E-state index < -0.39 is 5.82 Å². The third kappa shape index (κ3) is 4.07. The minimum Gasteiger partial charge on any atom is -0.424 e. The second kappa shape index (κ2) is 7.73. The average Bonchev–Trinajstić information content (AvgIpc) is 3.04. The second-order valence-corrected chi connectivity index (χ2v) is 7.14. The van der Waals surface area contributed by atoms with E-state index in [4.69, 9.17) is 16.3 Å². The number of pyridine rings is 1. The molecule has 1 saturated heterocycles. The Labute approximate surface area is 166 Å². The third-order valence-corrected chi connectivity index (χ3v) is 5.06. The van der Waals surface area contributed by atoms with Crippen molar-refractivity contribution in [1.82, 2.24) is 9.88 Å². The van der Waals surface area contributed by atoms with Crippen LogP contribution < -0.4 is 15.0 Å². The van der Waals surface area contributed by atoms with Crippen molar-refractivity contribution in [2.75, 3.05) is 42.9 Å². The minimum absolute atomic E-state index is 0.106. The normalized spacial score (nSPS) is 16.6. The highest BCUT2D eigenvalue weighted by molar-refractivity contribution is 6.30. The van der Waals surface area contributed by atoms with Crippen LogP contribution in [0.25, 0.3) is 0 Å². The van der Waals surface area contributed by atoms with E-state index in [1.807, 2.05) is 4.90 Å². The van der Waals surface area contributed by atoms with Crippen LogP contribution in [-0.2, 0) is 16.0 Å². The first-order valence-electron chi connectivity index (χ1n) is 8.90. The number of anilines is 2. The number of halogens is 2. The summed E-state index contributed by atoms with van der Waals surface area (Å²) in [5, 5.41) is 2.88. The standard InChI is InChI=1S/C19H18ClFN4O3/c20-14-2-1-13(8-15(14)21)25-5-3-24(4-6-25)11-18(26)23-12-7-17-16(22-10-12)9-19(27)28-17/h1-2,7-8,10H,3-6,9,11H2,(H,23,26). The number of aromatic nitrogens is 1. The lowest BCUT2D eigenvalue weighted by Crippen LogP contribution is -2.48. The largest absolute Gasteiger partial charge is 0.424 e. The molecule has 0 saturated carbocycles. The number of hydrogen-bond donors (Lipinski definition) is 1. The summed E-state index contributed by atoms with van der Waals surface area (Å²) in [6, 6.07) is 6.38. The van der Waals surface area contributed by atoms with Crippen LogP contribution in [0, 0.1) is 5.82 Å². The summed E-state index contributed by atoms with van der Waals surface area (Å²) in [5.41, 5.74) is 1.86. The molecule has 2 aliphatic heterocycles. The minimum atomic E-state index is -0.436. The molecule has 1 fully saturated rings. The summed E-state index contributed by atoms with van der Waals surface area (Å²) in [7, 11) is 0. The lowest BCUT2D eigenvalue weighted by atomic mass is 10.2. The molecule has 1 aromatic heterocycles. The van der Waals surface area contributed by atoms with E-state index in [0.29, 0.717) is 43.3 Å². The van der Waals surface area contributed by atoms with Crippen molar-refractivity contribution in [1.29, 1.82) is 0 Å². The first kappa shape index (κ1) is 18.6. The van der Waals surface area contributed by atoms with Gasteiger partial charge in [0.15, 0.2) is 5.75 Å². The molecule has 146 valence electrons. The van der Waals surface area contributed by atoms with Crippen LogP contribution in [0.1, 0.15) is 5.69 Å². The second-order valence-electron chi connectivity index (χ2n) is 6.73. The molecule has 9 heteroatoms. The maximum atomic E-state index is 13.6. The molecule has 0 atom stereocenters. The number of esters is 1. The van der Waals surface area contributed by atoms with Gasteiger partial charge in [-0.2, -0.15) is 0 Å². The fraction of sp³-hybridized carbons (Fsp3) is 0.316. The first-order valence-corrected chi connectivity index (χ1v) is 9.27. The van der Waals surface area contributed by atoms with Gasteiger partial charge in [0.1, 0.15) is 5.82 Å². The monoisotopic (exact) mass is 404 g/mol. The van der Waals surface area contributed by atoms with Gasteiger partial charge in [-0.25, -0.2) is 4.39 Å². The molecular weight excluding hydrogens is 387 g/mol. The maximum absolute atomic E-state index is 13.6. The molecule has 1 aromatic carbocycles. The van der Waals surface area contributed by atoms with Gasteiger partial charge in [0.2, 0.25) is 5.91 Å². The summed E-state index contributed by atoms with van der Waals surface area (Å²) >= 11 is 5.73. The zero-order chi connectivity index (χ0) is 19.7. The number of rotatable bonds is 4. The first-order chi connectivity index (χ1) is 13.5. The fourth-order valence-corrected chi connectivity index (χ4v) is 3.42. The molecular formula is C19H18ClFN4O3. The quantitative estimate of drug-likeness (QED) is 0.787. The highest BCUT2D eigenvalue weighted by atomic mass is 35.5. The predicted molar refractivity (Wildman–Crippen MR) is 102 cm³/mol. The number of hydrogen-bond acceptors (Lipinski definition) is 6. The van der Waals surface area contributed by atoms with E-state index in [2.05, 4.69) is 15.2 Å². The number of ether oxygens (including phenoxy) is 1. The average molecular weight is 405 g/mol. The van der Waals surface area contributed by atoms with Gasteiger partial charge in [0.05, 0.1) is 35.6 Å². The van der Waals surface area contributed by atoms with E-state index in [-0.39, 0.29) is 29.9 Å². The third-order valence-electron chi connectivity index (χ3n) is 4.76. The van der Waals surface area contributed by atoms with E-state index >= 15 is 0 Å². The van der Waals surface area contributed by atoms with E-state index in [1.54, 1.807) is 18.2 Å². The summed E-state index contributed by atoms with van der Waals surface area (Å²) in [6.07, 6.45) is 1.68. The Kier molecular flexibility index (Phi) is 5.15. The van der Waals surface area contributed by atoms with Gasteiger partial charge >= 0.3 is 5.97 Å². The molecule has 4 rings (SSSR count). The molecule has 0 radical (unpaired) electrons. The van der Waals surface area contributed by atoms with Crippen LogP contribution in [0.2, 0.25) is 5.02 Å². The molecule has 1 N–H and O–H groups in total. The number of fused-ring (bicyclic) bond motifs is 1. The number of benzene rings is 1. The Morgan fingerprint density at radius 3 is 2.79 bits per heavy atom. The van der Waals surface area contributed by atoms with Gasteiger partial charge in [-0.15, -0.1) is 0 Å². The van der Waals surface area contributed by atoms with Crippen molar-refractivity contribution in [3.05, 3.63) is 47.0 Å². The van der Waals surface area contributed by atoms with Crippen LogP contribution in [0.3, 0.4) is 0 Å². The smallest absolute Gasteiger partial charge is 0.317 e. The molecule has 0 bridgehead atoms. The summed E-state index contributed by atoms with van der Waals surface area (Å²) in [6.45, 7) is 2.96. The Balaban J connectivity index is 1.29. The van der Waals surface area contributed by atoms with Crippen molar-refractivity contribution in [2.45, 2.75) is 6.42 Å². The Bertz CT molecular complexity index is 931. The number of nitrogens with zero attached hydrogens (tertiary/aromatic N) is 3. The Morgan fingerprint density at radius 1 is 1.25 bits per heavy atom. The van der Waals surface area contributed by atoms with E-state index in [9.17, 15) is 14.0 Å². The number of nitrogens with one attached hydrogen (secondary N) is 1. The van der Waals surface area contributed by atoms with E-state index in [1.165, 1.54) is 12.3 Å². The van der Waals surface area contributed by atoms with E-state index in [0.717, 1.165) is 5.69 Å². The van der Waals surface area contributed by atoms with Crippen LogP contribution in [0.5, 0.6) is 5.75 Å². The summed E-state index contributed by atoms with van der Waals surface area (Å²) < 4.78 is 18.7. The van der Waals surface area contributed by atoms with Crippen LogP contribution >= 0.6 is 11.6 Å². The Morgan fingerprint density at radius 2 is 2.04 bits per heavy atom. The van der Waals surface area contributed by atoms with Crippen molar-refractivity contribution in [3.63, 3.8) is 0 Å². The molecule has 0 spiro atoms. The molecule has 2 aromatic rings. The highest BCUT2D eigenvalue weighted by Gasteiger charge is 2.23. The van der Waals surface area contributed by atoms with Gasteiger partial charge in [-0.05, 0) is 18.2 Å². The Hall–Kier alpha value is -2.71. The van der Waals surface area contributed by atoms with Gasteiger partial charge in [0.25, 0.3) is 0 Å². The molecule has 1 amide bonds. The summed E-state index contributed by atoms with van der Waals surface area (Å²) in [4.78, 5) is 31.8. The number of piperazine rings is 1. The predicted octanol–water partition coefficient (Wildman–Crippen LogP) is 2.10. The number of carbonyl (C=O) groups is 2. The molecule has 0 unspecified atom stereocenters. The maximum Gasteiger partial charge on any atom is 0.317 e. The summed E-state index contributed by atoms with van der Waals surface area (Å²) in [5.74, 6) is -0.553. The SMILES string of the molecule is O=C(CN1CCN(c2ccc(Cl)c(F)c2)CC1)Nc1cnc2c(c1)OC(=O)C2. The van der Waals surface area contributed by atoms with Crippen LogP contribution in [0.4, 0.5) is 15.8 Å². The lowest BCUT2D eigenvalue weighted by Gasteiger charge is -2.35. The van der Waals surface area contributed by atoms with Crippen molar-refractivity contribution < 1.29 is 18.7 Å². The van der Waals surface area contributed by atoms with Crippen molar-refractivity contribution in [3.8, 4) is 5.75 Å². The molecule has 28 heavy (non-hydrogen) atoms. The van der Waals surface area contributed by atoms with Gasteiger partial charge in [-0.3, -0.25) is 19.5 Å². The van der Waals surface area contributed by atoms with Crippen molar-refractivity contribution in [2.24, 2.45) is 0 Å². The van der Waals surface area contributed by atoms with Gasteiger partial charge in [-0.1, -0.05) is 11.6 Å². The number of amides is 1. The molecule has 0 aliphatic carbocycles. The molecule has 2 aliphatic rings. The zero-order valence-corrected chi connectivity index (χ0v) is 15.7. The topological polar surface area (TPSA) is 74.8 Å². The lowest BCUT2D eigenvalue weighted by molar-refractivity contribution is -0.131. The van der Waals surface area contributed by atoms with Crippen LogP contribution in [0.15, 0.2) is 30.5 Å². The zero-order valence-electron chi connectivity index (χ0n) is 15.0. The molecule has 3 heterocycles. The van der Waals surface area contributed by atoms with Crippen LogP contribution in [-0.4, -0.2) is 54.5 Å². The molecule has 7 nitrogen and oxygen atoms in total. The highest BCUT2D eigenvalue weighted by Crippen LogP contribution is 2.27. The van der Waals surface area contributed by atoms with Crippen molar-refractivity contribution >= 4 is 34.9 Å².